The highest BCUT2D eigenvalue weighted by Gasteiger charge is 2.25. The van der Waals surface area contributed by atoms with Crippen LogP contribution in [-0.4, -0.2) is 33.9 Å². The van der Waals surface area contributed by atoms with Gasteiger partial charge >= 0.3 is 0 Å². The number of pyridine rings is 2. The average Bonchev–Trinajstić information content (AvgIpc) is 2.72. The summed E-state index contributed by atoms with van der Waals surface area (Å²) < 4.78 is 0. The van der Waals surface area contributed by atoms with Crippen molar-refractivity contribution in [3.8, 4) is 0 Å². The Balaban J connectivity index is 1.81. The van der Waals surface area contributed by atoms with Gasteiger partial charge in [0.1, 0.15) is 6.04 Å². The topological polar surface area (TPSA) is 72.1 Å². The van der Waals surface area contributed by atoms with Crippen LogP contribution >= 0.6 is 11.6 Å². The first-order valence-corrected chi connectivity index (χ1v) is 9.58. The van der Waals surface area contributed by atoms with Gasteiger partial charge in [-0.2, -0.15) is 0 Å². The molecule has 1 amide bonds. The highest BCUT2D eigenvalue weighted by molar-refractivity contribution is 6.30. The van der Waals surface area contributed by atoms with Gasteiger partial charge in [0.2, 0.25) is 5.91 Å². The second-order valence-corrected chi connectivity index (χ2v) is 7.05. The molecule has 28 heavy (non-hydrogen) atoms. The van der Waals surface area contributed by atoms with E-state index < -0.39 is 6.04 Å². The van der Waals surface area contributed by atoms with E-state index in [0.717, 1.165) is 29.5 Å². The van der Waals surface area contributed by atoms with E-state index in [-0.39, 0.29) is 5.91 Å². The summed E-state index contributed by atoms with van der Waals surface area (Å²) in [5, 5.41) is 0.629. The minimum absolute atomic E-state index is 0.375. The van der Waals surface area contributed by atoms with Crippen molar-refractivity contribution in [2.75, 3.05) is 13.1 Å². The molecule has 3 rings (SSSR count). The normalized spacial score (nSPS) is 12.1. The predicted molar refractivity (Wildman–Crippen MR) is 111 cm³/mol. The molecule has 144 valence electrons. The van der Waals surface area contributed by atoms with E-state index in [1.807, 2.05) is 48.8 Å². The van der Waals surface area contributed by atoms with Crippen molar-refractivity contribution >= 4 is 17.5 Å². The molecule has 6 heteroatoms. The number of hydrogen-bond acceptors (Lipinski definition) is 4. The Morgan fingerprint density at radius 3 is 1.89 bits per heavy atom. The Morgan fingerprint density at radius 2 is 1.46 bits per heavy atom. The van der Waals surface area contributed by atoms with Gasteiger partial charge in [0.25, 0.3) is 0 Å². The van der Waals surface area contributed by atoms with E-state index in [1.165, 1.54) is 0 Å². The van der Waals surface area contributed by atoms with Crippen molar-refractivity contribution in [3.05, 3.63) is 95.0 Å². The first-order chi connectivity index (χ1) is 13.6. The molecule has 0 spiro atoms. The van der Waals surface area contributed by atoms with Crippen molar-refractivity contribution in [3.63, 3.8) is 0 Å². The Labute approximate surface area is 170 Å². The van der Waals surface area contributed by atoms with E-state index >= 15 is 0 Å². The molecular weight excluding hydrogens is 372 g/mol. The van der Waals surface area contributed by atoms with Crippen LogP contribution in [0, 0.1) is 0 Å². The zero-order valence-electron chi connectivity index (χ0n) is 15.5. The molecule has 0 aliphatic heterocycles. The van der Waals surface area contributed by atoms with Gasteiger partial charge in [0, 0.05) is 42.9 Å². The molecule has 0 bridgehead atoms. The molecule has 1 unspecified atom stereocenters. The molecule has 0 aliphatic carbocycles. The summed E-state index contributed by atoms with van der Waals surface area (Å²) in [6, 6.07) is 14.7. The number of halogens is 1. The highest BCUT2D eigenvalue weighted by Crippen LogP contribution is 2.23. The smallest absolute Gasteiger partial charge is 0.239 e. The number of primary amides is 1. The van der Waals surface area contributed by atoms with Crippen molar-refractivity contribution in [1.82, 2.24) is 14.9 Å². The number of nitrogens with zero attached hydrogens (tertiary/aromatic N) is 3. The van der Waals surface area contributed by atoms with Crippen LogP contribution in [0.4, 0.5) is 0 Å². The number of amides is 1. The Hall–Kier alpha value is -2.76. The summed E-state index contributed by atoms with van der Waals surface area (Å²) in [6.45, 7) is 1.37. The fourth-order valence-corrected chi connectivity index (χ4v) is 3.33. The predicted octanol–water partition coefficient (Wildman–Crippen LogP) is 3.44. The zero-order chi connectivity index (χ0) is 19.8. The van der Waals surface area contributed by atoms with Crippen LogP contribution < -0.4 is 5.73 Å². The van der Waals surface area contributed by atoms with E-state index in [0.29, 0.717) is 18.1 Å². The van der Waals surface area contributed by atoms with Gasteiger partial charge in [-0.1, -0.05) is 35.9 Å². The van der Waals surface area contributed by atoms with Gasteiger partial charge in [0.05, 0.1) is 0 Å². The molecule has 2 N–H and O–H groups in total. The van der Waals surface area contributed by atoms with Gasteiger partial charge < -0.3 is 5.73 Å². The second kappa shape index (κ2) is 9.97. The summed E-state index contributed by atoms with van der Waals surface area (Å²) in [5.41, 5.74) is 8.89. The summed E-state index contributed by atoms with van der Waals surface area (Å²) in [6.07, 6.45) is 8.76. The van der Waals surface area contributed by atoms with E-state index in [1.54, 1.807) is 24.5 Å². The third kappa shape index (κ3) is 5.62. The maximum Gasteiger partial charge on any atom is 0.239 e. The molecular formula is C22H23ClN4O. The molecule has 0 saturated heterocycles. The monoisotopic (exact) mass is 394 g/mol. The number of hydrogen-bond donors (Lipinski definition) is 1. The number of aromatic nitrogens is 2. The van der Waals surface area contributed by atoms with Gasteiger partial charge in [-0.3, -0.25) is 19.7 Å². The third-order valence-electron chi connectivity index (χ3n) is 4.64. The average molecular weight is 395 g/mol. The molecule has 1 aromatic carbocycles. The van der Waals surface area contributed by atoms with Gasteiger partial charge in [-0.15, -0.1) is 0 Å². The molecule has 0 aliphatic rings. The van der Waals surface area contributed by atoms with Gasteiger partial charge in [0.15, 0.2) is 0 Å². The van der Waals surface area contributed by atoms with E-state index in [2.05, 4.69) is 14.9 Å². The fourth-order valence-electron chi connectivity index (χ4n) is 3.21. The van der Waals surface area contributed by atoms with Crippen LogP contribution in [0.5, 0.6) is 0 Å². The molecule has 0 radical (unpaired) electrons. The van der Waals surface area contributed by atoms with Crippen molar-refractivity contribution in [2.45, 2.75) is 18.9 Å². The Kier molecular flexibility index (Phi) is 7.12. The van der Waals surface area contributed by atoms with Crippen LogP contribution in [-0.2, 0) is 17.6 Å². The van der Waals surface area contributed by atoms with Crippen LogP contribution in [0.25, 0.3) is 0 Å². The lowest BCUT2D eigenvalue weighted by Gasteiger charge is -2.30. The lowest BCUT2D eigenvalue weighted by molar-refractivity contribution is -0.123. The number of carbonyl (C=O) groups excluding carboxylic acids is 1. The maximum atomic E-state index is 12.4. The zero-order valence-corrected chi connectivity index (χ0v) is 16.3. The summed E-state index contributed by atoms with van der Waals surface area (Å²) in [4.78, 5) is 22.8. The standard InChI is InChI=1S/C22H23ClN4O/c23-20-7-5-19(6-8-20)21(22(24)28)27(13-9-17-3-1-11-25-15-17)14-10-18-4-2-12-26-16-18/h1-8,11-12,15-16,21H,9-10,13-14H2,(H2,24,28). The first kappa shape index (κ1) is 20.0. The Morgan fingerprint density at radius 1 is 0.929 bits per heavy atom. The highest BCUT2D eigenvalue weighted by atomic mass is 35.5. The molecule has 2 aromatic heterocycles. The molecule has 5 nitrogen and oxygen atoms in total. The molecule has 0 fully saturated rings. The minimum atomic E-state index is -0.523. The fraction of sp³-hybridized carbons (Fsp3) is 0.227. The molecule has 0 saturated carbocycles. The number of carbonyl (C=O) groups is 1. The summed E-state index contributed by atoms with van der Waals surface area (Å²) >= 11 is 6.01. The van der Waals surface area contributed by atoms with Crippen LogP contribution in [0.1, 0.15) is 22.7 Å². The van der Waals surface area contributed by atoms with Crippen molar-refractivity contribution in [2.24, 2.45) is 5.73 Å². The minimum Gasteiger partial charge on any atom is -0.368 e. The van der Waals surface area contributed by atoms with Crippen LogP contribution in [0.3, 0.4) is 0 Å². The molecule has 2 heterocycles. The lowest BCUT2D eigenvalue weighted by atomic mass is 10.0. The summed E-state index contributed by atoms with van der Waals surface area (Å²) in [5.74, 6) is -0.375. The van der Waals surface area contributed by atoms with Crippen LogP contribution in [0.15, 0.2) is 73.3 Å². The lowest BCUT2D eigenvalue weighted by Crippen LogP contribution is -2.40. The largest absolute Gasteiger partial charge is 0.368 e. The maximum absolute atomic E-state index is 12.4. The number of benzene rings is 1. The molecule has 3 aromatic rings. The number of rotatable bonds is 9. The van der Waals surface area contributed by atoms with Gasteiger partial charge in [-0.25, -0.2) is 0 Å². The summed E-state index contributed by atoms with van der Waals surface area (Å²) in [7, 11) is 0. The molecule has 1 atom stereocenters. The quantitative estimate of drug-likeness (QED) is 0.603. The van der Waals surface area contributed by atoms with Crippen LogP contribution in [0.2, 0.25) is 5.02 Å². The van der Waals surface area contributed by atoms with Crippen molar-refractivity contribution < 1.29 is 4.79 Å². The van der Waals surface area contributed by atoms with Gasteiger partial charge in [-0.05, 0) is 53.8 Å². The van der Waals surface area contributed by atoms with E-state index in [9.17, 15) is 4.79 Å². The van der Waals surface area contributed by atoms with Crippen molar-refractivity contribution in [1.29, 1.82) is 0 Å². The van der Waals surface area contributed by atoms with E-state index in [4.69, 9.17) is 17.3 Å². The SMILES string of the molecule is NC(=O)C(c1ccc(Cl)cc1)N(CCc1cccnc1)CCc1cccnc1. The number of nitrogens with two attached hydrogens (primary N) is 1. The second-order valence-electron chi connectivity index (χ2n) is 6.61. The first-order valence-electron chi connectivity index (χ1n) is 9.20. The third-order valence-corrected chi connectivity index (χ3v) is 4.89. The Bertz CT molecular complexity index is 829.